The summed E-state index contributed by atoms with van der Waals surface area (Å²) in [6.45, 7) is 2.79. The molecule has 0 amide bonds. The predicted molar refractivity (Wildman–Crippen MR) is 137 cm³/mol. The van der Waals surface area contributed by atoms with Gasteiger partial charge in [-0.25, -0.2) is 0 Å². The molecule has 1 saturated heterocycles. The summed E-state index contributed by atoms with van der Waals surface area (Å²) in [7, 11) is 1.34. The molecule has 0 spiro atoms. The van der Waals surface area contributed by atoms with Gasteiger partial charge in [-0.05, 0) is 19.9 Å². The van der Waals surface area contributed by atoms with Gasteiger partial charge < -0.3 is 40.4 Å². The van der Waals surface area contributed by atoms with Crippen LogP contribution in [0.15, 0.2) is 18.2 Å². The molecule has 1 fully saturated rings. The summed E-state index contributed by atoms with van der Waals surface area (Å²) in [5.41, 5.74) is 2.97. The number of aliphatic hydroxyl groups excluding tert-OH is 1. The normalized spacial score (nSPS) is 29.5. The third-order valence-corrected chi connectivity index (χ3v) is 7.80. The Balaban J connectivity index is 0.00000353. The number of carbonyl (C=O) groups is 3. The van der Waals surface area contributed by atoms with Crippen LogP contribution >= 0.6 is 0 Å². The second-order valence-electron chi connectivity index (χ2n) is 10.1. The van der Waals surface area contributed by atoms with Crippen molar-refractivity contribution in [3.63, 3.8) is 0 Å². The van der Waals surface area contributed by atoms with Crippen molar-refractivity contribution in [1.29, 1.82) is 0 Å². The molecule has 0 radical (unpaired) electrons. The first-order valence-corrected chi connectivity index (χ1v) is 12.2. The summed E-state index contributed by atoms with van der Waals surface area (Å²) in [4.78, 5) is 39.6. The zero-order chi connectivity index (χ0) is 27.7. The minimum absolute atomic E-state index is 0. The Morgan fingerprint density at radius 1 is 1.13 bits per heavy atom. The van der Waals surface area contributed by atoms with Crippen LogP contribution < -0.4 is 10.5 Å². The number of carbonyl (C=O) groups excluding carboxylic acids is 3. The van der Waals surface area contributed by atoms with Crippen molar-refractivity contribution in [3.05, 3.63) is 51.6 Å². The van der Waals surface area contributed by atoms with E-state index in [2.05, 4.69) is 0 Å². The van der Waals surface area contributed by atoms with Gasteiger partial charge in [0.15, 0.2) is 17.9 Å². The molecule has 4 unspecified atom stereocenters. The third-order valence-electron chi connectivity index (χ3n) is 7.80. The number of ketones is 3. The Hall–Kier alpha value is -2.35. The molecule has 6 atom stereocenters. The van der Waals surface area contributed by atoms with E-state index in [-0.39, 0.29) is 70.4 Å². The average Bonchev–Trinajstić information content (AvgIpc) is 2.87. The molecule has 39 heavy (non-hydrogen) atoms. The Labute approximate surface area is 246 Å². The molecular weight excluding hydrogens is 521 g/mol. The predicted octanol–water partition coefficient (Wildman–Crippen LogP) is 0.380. The first-order chi connectivity index (χ1) is 17.9. The van der Waals surface area contributed by atoms with Crippen LogP contribution in [0, 0.1) is 0 Å². The van der Waals surface area contributed by atoms with Gasteiger partial charge in [-0.2, -0.15) is 0 Å². The number of benzene rings is 2. The monoisotopic (exact) mass is 551 g/mol. The number of methoxy groups -OCH3 is 1. The van der Waals surface area contributed by atoms with E-state index in [4.69, 9.17) is 19.9 Å². The molecule has 0 bridgehead atoms. The molecule has 5 rings (SSSR count). The molecular formula is C27H30NNaO10. The maximum atomic E-state index is 13.6. The number of nitrogens with two attached hydrogens (primary N) is 1. The molecule has 0 aromatic heterocycles. The zero-order valence-corrected chi connectivity index (χ0v) is 21.1. The van der Waals surface area contributed by atoms with Gasteiger partial charge in [0.05, 0.1) is 42.1 Å². The number of aromatic hydroxyl groups is 2. The van der Waals surface area contributed by atoms with E-state index in [1.54, 1.807) is 6.92 Å². The Kier molecular flexibility index (Phi) is 8.03. The van der Waals surface area contributed by atoms with Crippen LogP contribution in [-0.2, 0) is 20.7 Å². The van der Waals surface area contributed by atoms with Gasteiger partial charge in [0, 0.05) is 42.0 Å². The fourth-order valence-electron chi connectivity index (χ4n) is 5.66. The summed E-state index contributed by atoms with van der Waals surface area (Å²) >= 11 is 0. The number of ether oxygens (including phenoxy) is 3. The van der Waals surface area contributed by atoms with Crippen LogP contribution in [0.3, 0.4) is 0 Å². The van der Waals surface area contributed by atoms with Crippen molar-refractivity contribution in [2.24, 2.45) is 5.73 Å². The average molecular weight is 552 g/mol. The van der Waals surface area contributed by atoms with E-state index < -0.39 is 82.6 Å². The SMILES string of the molecule is COc1cccc2c1C(=O)c1c(O)c3c(c(O)c1C2=O)C[C@@](O)(C(C)=O)C[C@@H]3OC1CC(N)C(O)C(C)O1.[NaH]. The molecule has 2 aromatic rings. The molecule has 3 aliphatic rings. The van der Waals surface area contributed by atoms with Crippen molar-refractivity contribution >= 4 is 46.9 Å². The van der Waals surface area contributed by atoms with Crippen molar-refractivity contribution in [2.75, 3.05) is 7.11 Å². The first kappa shape index (κ1) is 29.6. The van der Waals surface area contributed by atoms with Gasteiger partial charge in [0.25, 0.3) is 0 Å². The van der Waals surface area contributed by atoms with E-state index in [0.29, 0.717) is 0 Å². The van der Waals surface area contributed by atoms with E-state index in [1.807, 2.05) is 0 Å². The van der Waals surface area contributed by atoms with Gasteiger partial charge in [0.1, 0.15) is 22.8 Å². The van der Waals surface area contributed by atoms with Crippen molar-refractivity contribution in [2.45, 2.75) is 69.4 Å². The summed E-state index contributed by atoms with van der Waals surface area (Å²) in [6.07, 6.45) is -4.53. The van der Waals surface area contributed by atoms with E-state index in [0.717, 1.165) is 0 Å². The quantitative estimate of drug-likeness (QED) is 0.223. The first-order valence-electron chi connectivity index (χ1n) is 12.2. The number of rotatable bonds is 4. The Bertz CT molecular complexity index is 1370. The molecule has 11 nitrogen and oxygen atoms in total. The minimum atomic E-state index is -2.00. The van der Waals surface area contributed by atoms with E-state index in [9.17, 15) is 34.8 Å². The topological polar surface area (TPSA) is 186 Å². The van der Waals surface area contributed by atoms with Crippen LogP contribution in [-0.4, -0.2) is 105 Å². The number of aliphatic hydroxyl groups is 2. The van der Waals surface area contributed by atoms with Gasteiger partial charge in [-0.3, -0.25) is 14.4 Å². The molecule has 204 valence electrons. The second-order valence-corrected chi connectivity index (χ2v) is 10.1. The third kappa shape index (κ3) is 4.60. The maximum absolute atomic E-state index is 13.6. The van der Waals surface area contributed by atoms with Crippen LogP contribution in [0.4, 0.5) is 0 Å². The Morgan fingerprint density at radius 2 is 1.79 bits per heavy atom. The van der Waals surface area contributed by atoms with Crippen molar-refractivity contribution < 1.29 is 49.0 Å². The summed E-state index contributed by atoms with van der Waals surface area (Å²) in [5, 5.41) is 44.1. The number of phenols is 2. The molecule has 2 aromatic carbocycles. The second kappa shape index (κ2) is 10.6. The summed E-state index contributed by atoms with van der Waals surface area (Å²) in [6, 6.07) is 3.75. The van der Waals surface area contributed by atoms with E-state index >= 15 is 0 Å². The fraction of sp³-hybridized carbons (Fsp3) is 0.444. The van der Waals surface area contributed by atoms with Crippen LogP contribution in [0.2, 0.25) is 0 Å². The van der Waals surface area contributed by atoms with Gasteiger partial charge in [0.2, 0.25) is 5.78 Å². The zero-order valence-electron chi connectivity index (χ0n) is 21.1. The number of phenolic OH excluding ortho intramolecular Hbond substituents is 2. The van der Waals surface area contributed by atoms with Gasteiger partial charge in [-0.15, -0.1) is 0 Å². The molecule has 1 heterocycles. The van der Waals surface area contributed by atoms with Crippen LogP contribution in [0.5, 0.6) is 17.2 Å². The molecule has 0 saturated carbocycles. The number of hydrogen-bond donors (Lipinski definition) is 5. The fourth-order valence-corrected chi connectivity index (χ4v) is 5.66. The van der Waals surface area contributed by atoms with Crippen molar-refractivity contribution in [3.8, 4) is 17.2 Å². The summed E-state index contributed by atoms with van der Waals surface area (Å²) < 4.78 is 17.1. The molecule has 12 heteroatoms. The summed E-state index contributed by atoms with van der Waals surface area (Å²) in [5.74, 6) is -3.18. The van der Waals surface area contributed by atoms with Gasteiger partial charge in [-0.1, -0.05) is 12.1 Å². The van der Waals surface area contributed by atoms with Gasteiger partial charge >= 0.3 is 29.6 Å². The number of hydrogen-bond acceptors (Lipinski definition) is 11. The Morgan fingerprint density at radius 3 is 2.41 bits per heavy atom. The molecule has 1 aliphatic heterocycles. The molecule has 6 N–H and O–H groups in total. The number of Topliss-reactive ketones (excluding diaryl/α,β-unsaturated/α-hetero) is 1. The van der Waals surface area contributed by atoms with Crippen LogP contribution in [0.1, 0.15) is 75.8 Å². The van der Waals surface area contributed by atoms with Crippen LogP contribution in [0.25, 0.3) is 0 Å². The molecule has 2 aliphatic carbocycles. The number of fused-ring (bicyclic) bond motifs is 3. The van der Waals surface area contributed by atoms with E-state index in [1.165, 1.54) is 32.2 Å². The standard InChI is InChI=1S/C27H29NO10.Na.H/c1-10-22(30)14(28)7-17(37-10)38-16-9-27(35,11(2)29)8-13-19(16)26(34)21-20(24(13)32)23(31)12-5-4-6-15(36-3)18(12)25(21)33;;/h4-6,10,14,16-17,22,30,32,34-35H,7-9,28H2,1-3H3;;/t10?,14?,16-,17?,22?,27-;;/m0../s1. The van der Waals surface area contributed by atoms with Crippen molar-refractivity contribution in [1.82, 2.24) is 0 Å².